The van der Waals surface area contributed by atoms with Crippen molar-refractivity contribution in [2.45, 2.75) is 23.8 Å². The van der Waals surface area contributed by atoms with Crippen molar-refractivity contribution in [3.8, 4) is 0 Å². The van der Waals surface area contributed by atoms with E-state index in [9.17, 15) is 23.4 Å². The zero-order chi connectivity index (χ0) is 16.3. The molecule has 0 bridgehead atoms. The summed E-state index contributed by atoms with van der Waals surface area (Å²) in [5.74, 6) is -1.23. The smallest absolute Gasteiger partial charge is 0.335 e. The number of sulfonamides is 1. The number of aromatic carboxylic acids is 1. The lowest BCUT2D eigenvalue weighted by Gasteiger charge is -2.29. The van der Waals surface area contributed by atoms with Crippen LogP contribution in [-0.4, -0.2) is 48.5 Å². The highest BCUT2D eigenvalue weighted by Crippen LogP contribution is 2.22. The van der Waals surface area contributed by atoms with Crippen LogP contribution in [-0.2, 0) is 10.0 Å². The molecule has 0 aliphatic rings. The third kappa shape index (κ3) is 3.70. The number of hydrogen-bond acceptors (Lipinski definition) is 6. The van der Waals surface area contributed by atoms with E-state index in [0.717, 1.165) is 18.2 Å². The van der Waals surface area contributed by atoms with Gasteiger partial charge in [-0.2, -0.15) is 0 Å². The Kier molecular flexibility index (Phi) is 5.29. The van der Waals surface area contributed by atoms with Crippen LogP contribution in [0.4, 0.5) is 5.69 Å². The van der Waals surface area contributed by atoms with E-state index in [-0.39, 0.29) is 22.6 Å². The van der Waals surface area contributed by atoms with E-state index in [4.69, 9.17) is 10.8 Å². The maximum atomic E-state index is 12.3. The molecule has 1 rings (SSSR count). The SMILES string of the molecule is CCC(CO)(CO)NS(=O)(=O)c1ccc(C(=O)O)cc1N. The molecule has 118 valence electrons. The Morgan fingerprint density at radius 3 is 2.29 bits per heavy atom. The van der Waals surface area contributed by atoms with Gasteiger partial charge in [-0.15, -0.1) is 0 Å². The lowest BCUT2D eigenvalue weighted by atomic mass is 10.0. The van der Waals surface area contributed by atoms with Crippen LogP contribution in [0.25, 0.3) is 0 Å². The van der Waals surface area contributed by atoms with E-state index in [1.54, 1.807) is 6.92 Å². The van der Waals surface area contributed by atoms with Gasteiger partial charge >= 0.3 is 5.97 Å². The van der Waals surface area contributed by atoms with Gasteiger partial charge in [0, 0.05) is 0 Å². The third-order valence-electron chi connectivity index (χ3n) is 3.18. The zero-order valence-corrected chi connectivity index (χ0v) is 12.2. The van der Waals surface area contributed by atoms with Crippen LogP contribution in [0.2, 0.25) is 0 Å². The van der Waals surface area contributed by atoms with E-state index in [1.807, 2.05) is 0 Å². The summed E-state index contributed by atoms with van der Waals surface area (Å²) in [7, 11) is -4.12. The van der Waals surface area contributed by atoms with Gasteiger partial charge in [0.05, 0.1) is 30.0 Å². The molecule has 0 unspecified atom stereocenters. The largest absolute Gasteiger partial charge is 0.478 e. The number of aliphatic hydroxyl groups excluding tert-OH is 2. The summed E-state index contributed by atoms with van der Waals surface area (Å²) in [6.45, 7) is 0.421. The molecule has 9 heteroatoms. The summed E-state index contributed by atoms with van der Waals surface area (Å²) >= 11 is 0. The monoisotopic (exact) mass is 318 g/mol. The zero-order valence-electron chi connectivity index (χ0n) is 11.4. The van der Waals surface area contributed by atoms with Crippen molar-refractivity contribution in [3.63, 3.8) is 0 Å². The Bertz CT molecular complexity index is 616. The molecule has 0 aromatic heterocycles. The van der Waals surface area contributed by atoms with Gasteiger partial charge in [-0.05, 0) is 24.6 Å². The number of carboxylic acids is 1. The van der Waals surface area contributed by atoms with Crippen LogP contribution in [0.3, 0.4) is 0 Å². The molecule has 0 amide bonds. The van der Waals surface area contributed by atoms with Crippen LogP contribution >= 0.6 is 0 Å². The number of nitrogen functional groups attached to an aromatic ring is 1. The molecule has 0 saturated heterocycles. The minimum absolute atomic E-state index is 0.141. The van der Waals surface area contributed by atoms with Crippen molar-refractivity contribution >= 4 is 21.7 Å². The van der Waals surface area contributed by atoms with Gasteiger partial charge in [0.1, 0.15) is 4.90 Å². The fraction of sp³-hybridized carbons (Fsp3) is 0.417. The average molecular weight is 318 g/mol. The third-order valence-corrected chi connectivity index (χ3v) is 4.83. The molecule has 1 aromatic carbocycles. The van der Waals surface area contributed by atoms with Gasteiger partial charge in [0.2, 0.25) is 10.0 Å². The molecule has 0 aliphatic carbocycles. The second-order valence-corrected chi connectivity index (χ2v) is 6.26. The number of rotatable bonds is 7. The number of benzene rings is 1. The van der Waals surface area contributed by atoms with Gasteiger partial charge < -0.3 is 21.1 Å². The number of nitrogens with two attached hydrogens (primary N) is 1. The standard InChI is InChI=1S/C12H18N2O6S/c1-2-12(6-15,7-16)14-21(19,20)10-4-3-8(11(17)18)5-9(10)13/h3-5,14-16H,2,6-7,13H2,1H3,(H,17,18). The first kappa shape index (κ1) is 17.4. The van der Waals surface area contributed by atoms with Gasteiger partial charge in [0.25, 0.3) is 0 Å². The lowest BCUT2D eigenvalue weighted by Crippen LogP contribution is -2.53. The van der Waals surface area contributed by atoms with E-state index in [1.165, 1.54) is 0 Å². The first-order chi connectivity index (χ1) is 9.71. The number of aliphatic hydroxyl groups is 2. The molecule has 6 N–H and O–H groups in total. The minimum atomic E-state index is -4.12. The van der Waals surface area contributed by atoms with Crippen LogP contribution in [0.1, 0.15) is 23.7 Å². The summed E-state index contributed by atoms with van der Waals surface area (Å²) in [5.41, 5.74) is 3.80. The van der Waals surface area contributed by atoms with Crippen molar-refractivity contribution in [1.29, 1.82) is 0 Å². The maximum absolute atomic E-state index is 12.3. The van der Waals surface area contributed by atoms with E-state index in [2.05, 4.69) is 4.72 Å². The Hall–Kier alpha value is -1.68. The van der Waals surface area contributed by atoms with E-state index in [0.29, 0.717) is 0 Å². The molecule has 0 spiro atoms. The lowest BCUT2D eigenvalue weighted by molar-refractivity contribution is 0.0697. The number of carbonyl (C=O) groups is 1. The van der Waals surface area contributed by atoms with Crippen LogP contribution < -0.4 is 10.5 Å². The van der Waals surface area contributed by atoms with E-state index < -0.39 is 34.7 Å². The summed E-state index contributed by atoms with van der Waals surface area (Å²) in [6.07, 6.45) is 0.159. The Morgan fingerprint density at radius 1 is 1.33 bits per heavy atom. The maximum Gasteiger partial charge on any atom is 0.335 e. The predicted octanol–water partition coefficient (Wildman–Crippen LogP) is -0.621. The molecular weight excluding hydrogens is 300 g/mol. The van der Waals surface area contributed by atoms with Gasteiger partial charge in [-0.1, -0.05) is 6.92 Å². The first-order valence-corrected chi connectivity index (χ1v) is 7.58. The summed E-state index contributed by atoms with van der Waals surface area (Å²) in [5, 5.41) is 27.4. The molecule has 0 fully saturated rings. The number of carboxylic acid groups (broad SMARTS) is 1. The second kappa shape index (κ2) is 6.39. The Labute approximate surface area is 122 Å². The number of nitrogens with one attached hydrogen (secondary N) is 1. The first-order valence-electron chi connectivity index (χ1n) is 6.10. The summed E-state index contributed by atoms with van der Waals surface area (Å²) < 4.78 is 26.7. The van der Waals surface area contributed by atoms with Gasteiger partial charge in [-0.25, -0.2) is 17.9 Å². The molecule has 0 heterocycles. The molecule has 0 aliphatic heterocycles. The minimum Gasteiger partial charge on any atom is -0.478 e. The van der Waals surface area contributed by atoms with Crippen molar-refractivity contribution in [1.82, 2.24) is 4.72 Å². The van der Waals surface area contributed by atoms with Gasteiger partial charge in [-0.3, -0.25) is 0 Å². The average Bonchev–Trinajstić information content (AvgIpc) is 2.44. The fourth-order valence-corrected chi connectivity index (χ4v) is 3.25. The highest BCUT2D eigenvalue weighted by Gasteiger charge is 2.33. The van der Waals surface area contributed by atoms with Crippen molar-refractivity contribution < 1.29 is 28.5 Å². The predicted molar refractivity (Wildman–Crippen MR) is 75.3 cm³/mol. The molecule has 0 saturated carbocycles. The van der Waals surface area contributed by atoms with Crippen LogP contribution in [0.15, 0.2) is 23.1 Å². The quantitative estimate of drug-likeness (QED) is 0.420. The molecule has 1 aromatic rings. The highest BCUT2D eigenvalue weighted by atomic mass is 32.2. The molecule has 21 heavy (non-hydrogen) atoms. The summed E-state index contributed by atoms with van der Waals surface area (Å²) in [6, 6.07) is 3.21. The normalized spacial score (nSPS) is 12.3. The van der Waals surface area contributed by atoms with Crippen molar-refractivity contribution in [2.75, 3.05) is 18.9 Å². The Morgan fingerprint density at radius 2 is 1.90 bits per heavy atom. The molecule has 0 radical (unpaired) electrons. The van der Waals surface area contributed by atoms with Gasteiger partial charge in [0.15, 0.2) is 0 Å². The van der Waals surface area contributed by atoms with Crippen molar-refractivity contribution in [2.24, 2.45) is 0 Å². The van der Waals surface area contributed by atoms with E-state index >= 15 is 0 Å². The topological polar surface area (TPSA) is 150 Å². The molecular formula is C12H18N2O6S. The molecule has 0 atom stereocenters. The number of hydrogen-bond donors (Lipinski definition) is 5. The molecule has 8 nitrogen and oxygen atoms in total. The fourth-order valence-electron chi connectivity index (χ4n) is 1.68. The number of anilines is 1. The van der Waals surface area contributed by atoms with Crippen LogP contribution in [0, 0.1) is 0 Å². The summed E-state index contributed by atoms with van der Waals surface area (Å²) in [4.78, 5) is 10.5. The van der Waals surface area contributed by atoms with Crippen molar-refractivity contribution in [3.05, 3.63) is 23.8 Å². The highest BCUT2D eigenvalue weighted by molar-refractivity contribution is 7.89. The van der Waals surface area contributed by atoms with Crippen LogP contribution in [0.5, 0.6) is 0 Å². The Balaban J connectivity index is 3.23. The second-order valence-electron chi connectivity index (χ2n) is 4.61.